The highest BCUT2D eigenvalue weighted by molar-refractivity contribution is 7.89. The molecule has 0 radical (unpaired) electrons. The first-order valence-corrected chi connectivity index (χ1v) is 22.5. The largest absolute Gasteiger partial charge is 0.492 e. The van der Waals surface area contributed by atoms with Crippen molar-refractivity contribution in [2.45, 2.75) is 61.6 Å². The normalized spacial score (nSPS) is 21.9. The van der Waals surface area contributed by atoms with E-state index in [1.165, 1.54) is 29.6 Å². The highest BCUT2D eigenvalue weighted by Gasteiger charge is 2.46. The molecule has 3 aromatic carbocycles. The van der Waals surface area contributed by atoms with E-state index >= 15 is 0 Å². The van der Waals surface area contributed by atoms with Gasteiger partial charge in [-0.3, -0.25) is 0 Å². The molecular weight excluding hydrogens is 810 g/mol. The molecule has 3 aliphatic rings. The van der Waals surface area contributed by atoms with E-state index < -0.39 is 50.1 Å². The molecule has 58 heavy (non-hydrogen) atoms. The number of carboxylic acid groups (broad SMARTS) is 1. The SMILES string of the molecule is C=C(C)[C@H]1C[C@@H]2CN(S(=O)(=O)C3CCN(C(=O)OCc4ccccc4)CC3)CC[C@@H]2O[C@@H]1c1cc(S(=O)(=O)N(C)CCOc2ccc(Cl)cc2)ccc1OCC(=O)O. The van der Waals surface area contributed by atoms with E-state index in [0.29, 0.717) is 42.0 Å². The minimum Gasteiger partial charge on any atom is -0.492 e. The Morgan fingerprint density at radius 3 is 2.34 bits per heavy atom. The van der Waals surface area contributed by atoms with E-state index in [2.05, 4.69) is 6.58 Å². The van der Waals surface area contributed by atoms with Crippen LogP contribution in [0, 0.1) is 11.8 Å². The van der Waals surface area contributed by atoms with Gasteiger partial charge in [-0.05, 0) is 86.6 Å². The van der Waals surface area contributed by atoms with Crippen molar-refractivity contribution in [3.8, 4) is 11.5 Å². The zero-order valence-corrected chi connectivity index (χ0v) is 35.0. The van der Waals surface area contributed by atoms with Crippen LogP contribution >= 0.6 is 11.6 Å². The third-order valence-corrected chi connectivity index (χ3v) is 15.5. The number of hydrogen-bond acceptors (Lipinski definition) is 10. The molecule has 3 aromatic rings. The van der Waals surface area contributed by atoms with Gasteiger partial charge in [0, 0.05) is 56.3 Å². The molecule has 1 amide bonds. The van der Waals surface area contributed by atoms with Crippen LogP contribution in [0.25, 0.3) is 0 Å². The molecule has 3 aliphatic heterocycles. The quantitative estimate of drug-likeness (QED) is 0.179. The minimum atomic E-state index is -4.05. The van der Waals surface area contributed by atoms with Crippen LogP contribution in [-0.2, 0) is 40.9 Å². The number of aliphatic carboxylic acids is 1. The van der Waals surface area contributed by atoms with E-state index in [4.69, 9.17) is 30.5 Å². The highest BCUT2D eigenvalue weighted by atomic mass is 35.5. The number of hydrogen-bond donors (Lipinski definition) is 1. The van der Waals surface area contributed by atoms with E-state index in [1.807, 2.05) is 37.3 Å². The molecule has 6 rings (SSSR count). The molecule has 0 spiro atoms. The lowest BCUT2D eigenvalue weighted by Crippen LogP contribution is -2.54. The summed E-state index contributed by atoms with van der Waals surface area (Å²) in [6.45, 7) is 6.66. The molecule has 314 valence electrons. The van der Waals surface area contributed by atoms with Gasteiger partial charge in [0.1, 0.15) is 24.7 Å². The van der Waals surface area contributed by atoms with Gasteiger partial charge in [0.25, 0.3) is 0 Å². The number of nitrogens with zero attached hydrogens (tertiary/aromatic N) is 3. The molecule has 3 fully saturated rings. The van der Waals surface area contributed by atoms with E-state index in [1.54, 1.807) is 33.5 Å². The number of carboxylic acids is 1. The maximum absolute atomic E-state index is 14.0. The Bertz CT molecular complexity index is 2150. The Morgan fingerprint density at radius 1 is 0.966 bits per heavy atom. The van der Waals surface area contributed by atoms with Crippen LogP contribution in [0.5, 0.6) is 11.5 Å². The van der Waals surface area contributed by atoms with Gasteiger partial charge in [-0.15, -0.1) is 0 Å². The molecule has 3 heterocycles. The zero-order chi connectivity index (χ0) is 41.6. The summed E-state index contributed by atoms with van der Waals surface area (Å²) in [6, 6.07) is 20.4. The van der Waals surface area contributed by atoms with Gasteiger partial charge < -0.3 is 29.0 Å². The van der Waals surface area contributed by atoms with Gasteiger partial charge in [0.15, 0.2) is 6.61 Å². The Morgan fingerprint density at radius 2 is 1.67 bits per heavy atom. The highest BCUT2D eigenvalue weighted by Crippen LogP contribution is 2.48. The van der Waals surface area contributed by atoms with Gasteiger partial charge in [0.05, 0.1) is 22.4 Å². The van der Waals surface area contributed by atoms with Crippen molar-refractivity contribution in [3.05, 3.63) is 101 Å². The first-order valence-electron chi connectivity index (χ1n) is 19.2. The number of likely N-dealkylation sites (N-methyl/N-ethyl adjacent to an activating group) is 1. The molecule has 17 heteroatoms. The number of rotatable bonds is 15. The van der Waals surface area contributed by atoms with Crippen molar-refractivity contribution in [2.24, 2.45) is 11.8 Å². The summed E-state index contributed by atoms with van der Waals surface area (Å²) < 4.78 is 82.0. The van der Waals surface area contributed by atoms with Crippen LogP contribution in [0.4, 0.5) is 4.79 Å². The van der Waals surface area contributed by atoms with Crippen molar-refractivity contribution in [2.75, 3.05) is 53.0 Å². The number of halogens is 1. The standard InChI is InChI=1S/C41H50ClN3O11S2/c1-28(2)35-23-30-25-45(58(51,52)33-15-18-44(19-16-33)41(48)55-26-29-7-5-4-6-8-29)20-17-37(30)56-40(35)36-24-34(13-14-38(36)54-27-39(46)47)57(49,50)43(3)21-22-53-32-11-9-31(42)10-12-32/h4-14,24,30,33,35,37,40H,1,15-23,25-27H2,2-3H3,(H,46,47)/t30-,35-,37+,40+/m1/s1. The number of fused-ring (bicyclic) bond motifs is 1. The molecule has 14 nitrogen and oxygen atoms in total. The second-order valence-electron chi connectivity index (χ2n) is 15.0. The maximum atomic E-state index is 14.0. The van der Waals surface area contributed by atoms with Gasteiger partial charge in [-0.2, -0.15) is 4.31 Å². The number of carbonyl (C=O) groups excluding carboxylic acids is 1. The van der Waals surface area contributed by atoms with E-state index in [0.717, 1.165) is 11.1 Å². The fourth-order valence-electron chi connectivity index (χ4n) is 7.76. The predicted octanol–water partition coefficient (Wildman–Crippen LogP) is 5.98. The summed E-state index contributed by atoms with van der Waals surface area (Å²) in [5, 5.41) is 9.33. The molecule has 0 unspecified atom stereocenters. The number of likely N-dealkylation sites (tertiary alicyclic amines) is 1. The van der Waals surface area contributed by atoms with Crippen LogP contribution in [0.1, 0.15) is 49.8 Å². The third-order valence-electron chi connectivity index (χ3n) is 11.0. The van der Waals surface area contributed by atoms with Crippen LogP contribution in [0.2, 0.25) is 5.02 Å². The summed E-state index contributed by atoms with van der Waals surface area (Å²) in [6.07, 6.45) is -0.0921. The van der Waals surface area contributed by atoms with Crippen molar-refractivity contribution in [1.29, 1.82) is 0 Å². The fraction of sp³-hybridized carbons (Fsp3) is 0.463. The number of ether oxygens (including phenoxy) is 4. The number of carbonyl (C=O) groups is 2. The molecule has 0 saturated carbocycles. The van der Waals surface area contributed by atoms with Gasteiger partial charge in [-0.1, -0.05) is 54.1 Å². The van der Waals surface area contributed by atoms with E-state index in [9.17, 15) is 31.5 Å². The van der Waals surface area contributed by atoms with Crippen molar-refractivity contribution < 1.29 is 50.5 Å². The second kappa shape index (κ2) is 18.8. The van der Waals surface area contributed by atoms with Crippen LogP contribution in [0.15, 0.2) is 89.8 Å². The lowest BCUT2D eigenvalue weighted by atomic mass is 9.76. The molecule has 0 aliphatic carbocycles. The number of benzene rings is 3. The lowest BCUT2D eigenvalue weighted by Gasteiger charge is -2.47. The average Bonchev–Trinajstić information content (AvgIpc) is 3.22. The van der Waals surface area contributed by atoms with Gasteiger partial charge >= 0.3 is 12.1 Å². The first kappa shape index (κ1) is 43.4. The molecule has 0 bridgehead atoms. The smallest absolute Gasteiger partial charge is 0.410 e. The lowest BCUT2D eigenvalue weighted by molar-refractivity contribution is -0.139. The Balaban J connectivity index is 1.13. The average molecular weight is 860 g/mol. The van der Waals surface area contributed by atoms with Gasteiger partial charge in [0.2, 0.25) is 20.0 Å². The molecule has 4 atom stereocenters. The molecule has 3 saturated heterocycles. The van der Waals surface area contributed by atoms with Crippen LogP contribution in [-0.4, -0.2) is 112 Å². The van der Waals surface area contributed by atoms with Crippen molar-refractivity contribution >= 4 is 43.7 Å². The molecular formula is C41H50ClN3O11S2. The predicted molar refractivity (Wildman–Crippen MR) is 217 cm³/mol. The summed E-state index contributed by atoms with van der Waals surface area (Å²) in [5.41, 5.74) is 1.97. The van der Waals surface area contributed by atoms with E-state index in [-0.39, 0.29) is 74.5 Å². The Kier molecular flexibility index (Phi) is 14.1. The second-order valence-corrected chi connectivity index (χ2v) is 19.7. The summed E-state index contributed by atoms with van der Waals surface area (Å²) >= 11 is 5.95. The maximum Gasteiger partial charge on any atom is 0.410 e. The summed E-state index contributed by atoms with van der Waals surface area (Å²) in [5.74, 6) is -1.05. The Hall–Kier alpha value is -4.19. The fourth-order valence-corrected chi connectivity index (χ4v) is 11.1. The molecule has 0 aromatic heterocycles. The first-order chi connectivity index (χ1) is 27.6. The summed E-state index contributed by atoms with van der Waals surface area (Å²) in [4.78, 5) is 25.8. The minimum absolute atomic E-state index is 0.0372. The van der Waals surface area contributed by atoms with Gasteiger partial charge in [-0.25, -0.2) is 30.7 Å². The zero-order valence-electron chi connectivity index (χ0n) is 32.6. The Labute approximate surface area is 345 Å². The summed E-state index contributed by atoms with van der Waals surface area (Å²) in [7, 11) is -6.31. The van der Waals surface area contributed by atoms with Crippen molar-refractivity contribution in [1.82, 2.24) is 13.5 Å². The number of sulfonamides is 2. The monoisotopic (exact) mass is 859 g/mol. The molecule has 1 N–H and O–H groups in total. The van der Waals surface area contributed by atoms with Crippen molar-refractivity contribution in [3.63, 3.8) is 0 Å². The number of piperidine rings is 2. The number of amides is 1. The topological polar surface area (TPSA) is 169 Å². The third kappa shape index (κ3) is 10.3. The van der Waals surface area contributed by atoms with Crippen LogP contribution in [0.3, 0.4) is 0 Å². The van der Waals surface area contributed by atoms with Crippen LogP contribution < -0.4 is 9.47 Å².